The normalized spacial score (nSPS) is 13.6. The van der Waals surface area contributed by atoms with Crippen LogP contribution in [0, 0.1) is 0 Å². The first kappa shape index (κ1) is 16.2. The van der Waals surface area contributed by atoms with Crippen molar-refractivity contribution in [2.75, 3.05) is 11.4 Å². The molecule has 4 aromatic rings. The zero-order valence-electron chi connectivity index (χ0n) is 14.8. The predicted molar refractivity (Wildman–Crippen MR) is 111 cm³/mol. The highest BCUT2D eigenvalue weighted by Crippen LogP contribution is 2.32. The van der Waals surface area contributed by atoms with Crippen molar-refractivity contribution >= 4 is 33.8 Å². The van der Waals surface area contributed by atoms with Gasteiger partial charge in [0.25, 0.3) is 5.91 Å². The minimum absolute atomic E-state index is 0.0542. The van der Waals surface area contributed by atoms with Crippen LogP contribution in [0.2, 0.25) is 0 Å². The number of carbonyl (C=O) groups is 1. The lowest BCUT2D eigenvalue weighted by Gasteiger charge is -2.30. The molecule has 0 radical (unpaired) electrons. The van der Waals surface area contributed by atoms with Gasteiger partial charge in [-0.3, -0.25) is 4.79 Å². The average molecular weight is 370 g/mol. The monoisotopic (exact) mass is 370 g/mol. The molecule has 0 spiro atoms. The molecule has 0 aliphatic carbocycles. The van der Waals surface area contributed by atoms with Crippen LogP contribution in [0.5, 0.6) is 0 Å². The molecule has 2 aromatic heterocycles. The number of fused-ring (bicyclic) bond motifs is 2. The maximum atomic E-state index is 13.6. The van der Waals surface area contributed by atoms with Gasteiger partial charge in [0.1, 0.15) is 0 Å². The molecule has 0 atom stereocenters. The molecule has 0 N–H and O–H groups in total. The van der Waals surface area contributed by atoms with Gasteiger partial charge < -0.3 is 4.90 Å². The fourth-order valence-electron chi connectivity index (χ4n) is 3.79. The van der Waals surface area contributed by atoms with Gasteiger partial charge in [-0.1, -0.05) is 42.5 Å². The summed E-state index contributed by atoms with van der Waals surface area (Å²) in [5.74, 6) is 0.0542. The zero-order chi connectivity index (χ0) is 18.2. The Hall–Kier alpha value is -2.98. The van der Waals surface area contributed by atoms with E-state index in [0.29, 0.717) is 0 Å². The van der Waals surface area contributed by atoms with Gasteiger partial charge in [-0.05, 0) is 48.1 Å². The summed E-state index contributed by atoms with van der Waals surface area (Å²) in [6.45, 7) is 0.751. The first-order valence-corrected chi connectivity index (χ1v) is 10.0. The van der Waals surface area contributed by atoms with Gasteiger partial charge in [-0.15, -0.1) is 11.3 Å². The van der Waals surface area contributed by atoms with E-state index in [2.05, 4.69) is 12.1 Å². The van der Waals surface area contributed by atoms with Crippen LogP contribution >= 0.6 is 11.3 Å². The second-order valence-electron chi connectivity index (χ2n) is 6.74. The molecule has 3 nitrogen and oxygen atoms in total. The molecule has 0 saturated heterocycles. The number of hydrogen-bond acceptors (Lipinski definition) is 3. The van der Waals surface area contributed by atoms with E-state index in [1.807, 2.05) is 64.9 Å². The topological polar surface area (TPSA) is 33.2 Å². The smallest absolute Gasteiger partial charge is 0.259 e. The Balaban J connectivity index is 1.68. The van der Waals surface area contributed by atoms with Crippen LogP contribution in [0.15, 0.2) is 72.1 Å². The van der Waals surface area contributed by atoms with Gasteiger partial charge in [0.15, 0.2) is 0 Å². The fraction of sp³-hybridized carbons (Fsp3) is 0.130. The number of aromatic nitrogens is 1. The molecule has 4 heteroatoms. The first-order valence-electron chi connectivity index (χ1n) is 9.15. The van der Waals surface area contributed by atoms with E-state index >= 15 is 0 Å². The molecule has 1 amide bonds. The number of aryl methyl sites for hydroxylation is 1. The minimum Gasteiger partial charge on any atom is -0.308 e. The van der Waals surface area contributed by atoms with Crippen LogP contribution in [0.1, 0.15) is 22.3 Å². The number of nitrogens with zero attached hydrogens (tertiary/aromatic N) is 2. The van der Waals surface area contributed by atoms with Crippen LogP contribution in [0.4, 0.5) is 5.69 Å². The number of para-hydroxylation sites is 2. The Morgan fingerprint density at radius 3 is 2.74 bits per heavy atom. The number of pyridine rings is 1. The molecule has 3 heterocycles. The number of benzene rings is 2. The molecule has 1 aliphatic rings. The summed E-state index contributed by atoms with van der Waals surface area (Å²) in [4.78, 5) is 21.4. The van der Waals surface area contributed by atoms with Crippen LogP contribution in [0.3, 0.4) is 0 Å². The molecule has 0 bridgehead atoms. The van der Waals surface area contributed by atoms with Gasteiger partial charge in [-0.25, -0.2) is 4.98 Å². The van der Waals surface area contributed by atoms with Crippen LogP contribution in [0.25, 0.3) is 21.5 Å². The number of thiophene rings is 1. The standard InChI is InChI=1S/C23H18N2OS/c26-23(25-13-5-8-16-7-1-4-11-21(16)25)18-15-20(22-12-6-14-27-22)24-19-10-3-2-9-17(18)19/h1-4,6-7,9-12,14-15H,5,8,13H2. The summed E-state index contributed by atoms with van der Waals surface area (Å²) in [5.41, 5.74) is 4.72. The summed E-state index contributed by atoms with van der Waals surface area (Å²) >= 11 is 1.64. The van der Waals surface area contributed by atoms with E-state index in [1.54, 1.807) is 11.3 Å². The molecule has 2 aromatic carbocycles. The van der Waals surface area contributed by atoms with Gasteiger partial charge in [0, 0.05) is 17.6 Å². The summed E-state index contributed by atoms with van der Waals surface area (Å²) < 4.78 is 0. The van der Waals surface area contributed by atoms with Crippen molar-refractivity contribution in [2.24, 2.45) is 0 Å². The fourth-order valence-corrected chi connectivity index (χ4v) is 4.48. The highest BCUT2D eigenvalue weighted by Gasteiger charge is 2.25. The van der Waals surface area contributed by atoms with Crippen molar-refractivity contribution in [3.8, 4) is 10.6 Å². The third-order valence-electron chi connectivity index (χ3n) is 5.08. The maximum Gasteiger partial charge on any atom is 0.259 e. The average Bonchev–Trinajstić information content (AvgIpc) is 3.27. The zero-order valence-corrected chi connectivity index (χ0v) is 15.6. The van der Waals surface area contributed by atoms with Gasteiger partial charge in [0.05, 0.1) is 21.7 Å². The molecule has 132 valence electrons. The highest BCUT2D eigenvalue weighted by atomic mass is 32.1. The molecule has 0 unspecified atom stereocenters. The number of anilines is 1. The third-order valence-corrected chi connectivity index (χ3v) is 5.97. The van der Waals surface area contributed by atoms with Crippen molar-refractivity contribution in [1.82, 2.24) is 4.98 Å². The minimum atomic E-state index is 0.0542. The number of hydrogen-bond donors (Lipinski definition) is 0. The second kappa shape index (κ2) is 6.63. The quantitative estimate of drug-likeness (QED) is 0.463. The number of rotatable bonds is 2. The maximum absolute atomic E-state index is 13.6. The molecular weight excluding hydrogens is 352 g/mol. The van der Waals surface area contributed by atoms with Crippen LogP contribution in [-0.2, 0) is 6.42 Å². The molecule has 27 heavy (non-hydrogen) atoms. The van der Waals surface area contributed by atoms with E-state index in [4.69, 9.17) is 4.98 Å². The Morgan fingerprint density at radius 1 is 1.00 bits per heavy atom. The van der Waals surface area contributed by atoms with E-state index in [0.717, 1.165) is 52.1 Å². The van der Waals surface area contributed by atoms with E-state index < -0.39 is 0 Å². The van der Waals surface area contributed by atoms with E-state index in [9.17, 15) is 4.79 Å². The van der Waals surface area contributed by atoms with Crippen molar-refractivity contribution in [2.45, 2.75) is 12.8 Å². The van der Waals surface area contributed by atoms with Crippen LogP contribution in [-0.4, -0.2) is 17.4 Å². The Bertz CT molecular complexity index is 1130. The van der Waals surface area contributed by atoms with Crippen molar-refractivity contribution in [3.05, 3.63) is 83.2 Å². The molecule has 0 fully saturated rings. The van der Waals surface area contributed by atoms with E-state index in [-0.39, 0.29) is 5.91 Å². The predicted octanol–water partition coefficient (Wildman–Crippen LogP) is 5.56. The van der Waals surface area contributed by atoms with E-state index in [1.165, 1.54) is 5.56 Å². The molecule has 1 aliphatic heterocycles. The van der Waals surface area contributed by atoms with Crippen molar-refractivity contribution < 1.29 is 4.79 Å². The van der Waals surface area contributed by atoms with Gasteiger partial charge in [0.2, 0.25) is 0 Å². The van der Waals surface area contributed by atoms with Crippen LogP contribution < -0.4 is 4.90 Å². The number of amides is 1. The summed E-state index contributed by atoms with van der Waals surface area (Å²) in [7, 11) is 0. The second-order valence-corrected chi connectivity index (χ2v) is 7.69. The van der Waals surface area contributed by atoms with Gasteiger partial charge >= 0.3 is 0 Å². The largest absolute Gasteiger partial charge is 0.308 e. The first-order chi connectivity index (χ1) is 13.3. The molecular formula is C23H18N2OS. The number of carbonyl (C=O) groups excluding carboxylic acids is 1. The Kier molecular flexibility index (Phi) is 3.98. The molecule has 5 rings (SSSR count). The van der Waals surface area contributed by atoms with Gasteiger partial charge in [-0.2, -0.15) is 0 Å². The molecule has 0 saturated carbocycles. The lowest BCUT2D eigenvalue weighted by atomic mass is 9.99. The summed E-state index contributed by atoms with van der Waals surface area (Å²) in [5, 5.41) is 2.94. The lowest BCUT2D eigenvalue weighted by molar-refractivity contribution is 0.0986. The summed E-state index contributed by atoms with van der Waals surface area (Å²) in [6, 6.07) is 22.1. The Labute approximate surface area is 161 Å². The van der Waals surface area contributed by atoms with Crippen molar-refractivity contribution in [3.63, 3.8) is 0 Å². The Morgan fingerprint density at radius 2 is 1.85 bits per heavy atom. The van der Waals surface area contributed by atoms with Crippen molar-refractivity contribution in [1.29, 1.82) is 0 Å². The third kappa shape index (κ3) is 2.82. The summed E-state index contributed by atoms with van der Waals surface area (Å²) in [6.07, 6.45) is 2.01. The highest BCUT2D eigenvalue weighted by molar-refractivity contribution is 7.13. The SMILES string of the molecule is O=C(c1cc(-c2cccs2)nc2ccccc12)N1CCCc2ccccc21. The lowest BCUT2D eigenvalue weighted by Crippen LogP contribution is -2.35.